The minimum Gasteiger partial charge on any atom is -0.353 e. The fraction of sp³-hybridized carbons (Fsp3) is 0.588. The zero-order valence-corrected chi connectivity index (χ0v) is 12.6. The first-order chi connectivity index (χ1) is 10.1. The predicted molar refractivity (Wildman–Crippen MR) is 80.6 cm³/mol. The molecular formula is C17H23FN2O. The van der Waals surface area contributed by atoms with Gasteiger partial charge in [0, 0.05) is 19.1 Å². The Morgan fingerprint density at radius 3 is 2.43 bits per heavy atom. The molecule has 1 saturated heterocycles. The lowest BCUT2D eigenvalue weighted by atomic mass is 9.94. The normalized spacial score (nSPS) is 22.0. The van der Waals surface area contributed by atoms with Gasteiger partial charge in [0.2, 0.25) is 5.91 Å². The number of hydrogen-bond donors (Lipinski definition) is 1. The third-order valence-electron chi connectivity index (χ3n) is 4.95. The number of likely N-dealkylation sites (tertiary alicyclic amines) is 1. The third kappa shape index (κ3) is 2.95. The first-order valence-corrected chi connectivity index (χ1v) is 7.93. The van der Waals surface area contributed by atoms with Crippen LogP contribution >= 0.6 is 0 Å². The van der Waals surface area contributed by atoms with Gasteiger partial charge >= 0.3 is 0 Å². The number of piperidine rings is 1. The second kappa shape index (κ2) is 5.76. The maximum absolute atomic E-state index is 13.0. The van der Waals surface area contributed by atoms with E-state index < -0.39 is 5.41 Å². The van der Waals surface area contributed by atoms with Crippen molar-refractivity contribution in [2.45, 2.75) is 44.1 Å². The average Bonchev–Trinajstić information content (AvgIpc) is 3.30. The van der Waals surface area contributed by atoms with E-state index in [9.17, 15) is 9.18 Å². The Balaban J connectivity index is 1.62. The highest BCUT2D eigenvalue weighted by Gasteiger charge is 2.51. The molecule has 0 spiro atoms. The highest BCUT2D eigenvalue weighted by Crippen LogP contribution is 2.48. The van der Waals surface area contributed by atoms with E-state index in [1.54, 1.807) is 12.1 Å². The number of nitrogens with one attached hydrogen (secondary N) is 1. The van der Waals surface area contributed by atoms with Crippen LogP contribution < -0.4 is 5.32 Å². The Kier molecular flexibility index (Phi) is 3.98. The number of carbonyl (C=O) groups excluding carboxylic acids is 1. The number of halogens is 1. The Morgan fingerprint density at radius 2 is 1.90 bits per heavy atom. The van der Waals surface area contributed by atoms with Crippen LogP contribution in [0.2, 0.25) is 0 Å². The molecule has 1 heterocycles. The molecule has 1 aliphatic heterocycles. The van der Waals surface area contributed by atoms with Gasteiger partial charge in [-0.2, -0.15) is 0 Å². The summed E-state index contributed by atoms with van der Waals surface area (Å²) in [6.45, 7) is 5.38. The van der Waals surface area contributed by atoms with Crippen molar-refractivity contribution >= 4 is 5.91 Å². The topological polar surface area (TPSA) is 32.3 Å². The molecule has 3 nitrogen and oxygen atoms in total. The maximum Gasteiger partial charge on any atom is 0.230 e. The van der Waals surface area contributed by atoms with Crippen LogP contribution in [0.4, 0.5) is 4.39 Å². The number of amides is 1. The Bertz CT molecular complexity index is 502. The van der Waals surface area contributed by atoms with Crippen molar-refractivity contribution < 1.29 is 9.18 Å². The SMILES string of the molecule is CCN1CCC(NC(=O)C2(c3ccc(F)cc3)CC2)CC1. The Hall–Kier alpha value is -1.42. The minimum atomic E-state index is -0.393. The molecule has 0 radical (unpaired) electrons. The van der Waals surface area contributed by atoms with Gasteiger partial charge in [-0.05, 0) is 49.9 Å². The number of rotatable bonds is 4. The molecule has 0 unspecified atom stereocenters. The summed E-state index contributed by atoms with van der Waals surface area (Å²) in [5.74, 6) is -0.119. The fourth-order valence-corrected chi connectivity index (χ4v) is 3.26. The van der Waals surface area contributed by atoms with Gasteiger partial charge in [-0.25, -0.2) is 4.39 Å². The molecule has 0 atom stereocenters. The molecule has 114 valence electrons. The summed E-state index contributed by atoms with van der Waals surface area (Å²) in [5, 5.41) is 3.22. The van der Waals surface area contributed by atoms with Crippen LogP contribution in [0.5, 0.6) is 0 Å². The monoisotopic (exact) mass is 290 g/mol. The molecule has 2 fully saturated rings. The van der Waals surface area contributed by atoms with E-state index in [1.807, 2.05) is 0 Å². The lowest BCUT2D eigenvalue weighted by Crippen LogP contribution is -2.47. The molecule has 21 heavy (non-hydrogen) atoms. The second-order valence-corrected chi connectivity index (χ2v) is 6.27. The largest absolute Gasteiger partial charge is 0.353 e. The van der Waals surface area contributed by atoms with Crippen LogP contribution in [0.15, 0.2) is 24.3 Å². The molecule has 1 N–H and O–H groups in total. The van der Waals surface area contributed by atoms with Gasteiger partial charge in [0.15, 0.2) is 0 Å². The van der Waals surface area contributed by atoms with E-state index in [1.165, 1.54) is 12.1 Å². The number of hydrogen-bond acceptors (Lipinski definition) is 2. The van der Waals surface area contributed by atoms with Crippen LogP contribution in [-0.4, -0.2) is 36.5 Å². The van der Waals surface area contributed by atoms with E-state index in [-0.39, 0.29) is 11.7 Å². The van der Waals surface area contributed by atoms with Crippen molar-refractivity contribution in [3.8, 4) is 0 Å². The van der Waals surface area contributed by atoms with E-state index in [0.29, 0.717) is 6.04 Å². The van der Waals surface area contributed by atoms with Crippen molar-refractivity contribution in [3.63, 3.8) is 0 Å². The molecular weight excluding hydrogens is 267 g/mol. The fourth-order valence-electron chi connectivity index (χ4n) is 3.26. The Morgan fingerprint density at radius 1 is 1.29 bits per heavy atom. The van der Waals surface area contributed by atoms with Crippen LogP contribution in [-0.2, 0) is 10.2 Å². The molecule has 4 heteroatoms. The van der Waals surface area contributed by atoms with Gasteiger partial charge in [0.1, 0.15) is 5.82 Å². The third-order valence-corrected chi connectivity index (χ3v) is 4.95. The number of carbonyl (C=O) groups is 1. The van der Waals surface area contributed by atoms with Gasteiger partial charge in [-0.15, -0.1) is 0 Å². The highest BCUT2D eigenvalue weighted by molar-refractivity contribution is 5.91. The van der Waals surface area contributed by atoms with Crippen molar-refractivity contribution in [1.29, 1.82) is 0 Å². The molecule has 1 amide bonds. The van der Waals surface area contributed by atoms with Gasteiger partial charge in [0.25, 0.3) is 0 Å². The summed E-state index contributed by atoms with van der Waals surface area (Å²) in [4.78, 5) is 15.0. The summed E-state index contributed by atoms with van der Waals surface area (Å²) in [7, 11) is 0. The van der Waals surface area contributed by atoms with Gasteiger partial charge in [0.05, 0.1) is 5.41 Å². The van der Waals surface area contributed by atoms with Crippen LogP contribution in [0.3, 0.4) is 0 Å². The lowest BCUT2D eigenvalue weighted by Gasteiger charge is -2.32. The molecule has 0 aromatic heterocycles. The molecule has 1 saturated carbocycles. The summed E-state index contributed by atoms with van der Waals surface area (Å²) < 4.78 is 13.0. The van der Waals surface area contributed by atoms with E-state index in [0.717, 1.165) is 50.9 Å². The number of benzene rings is 1. The predicted octanol–water partition coefficient (Wildman–Crippen LogP) is 2.46. The first kappa shape index (κ1) is 14.5. The minimum absolute atomic E-state index is 0.129. The summed E-state index contributed by atoms with van der Waals surface area (Å²) >= 11 is 0. The van der Waals surface area contributed by atoms with Crippen molar-refractivity contribution in [2.24, 2.45) is 0 Å². The number of nitrogens with zero attached hydrogens (tertiary/aromatic N) is 1. The van der Waals surface area contributed by atoms with Crippen molar-refractivity contribution in [2.75, 3.05) is 19.6 Å². The van der Waals surface area contributed by atoms with Gasteiger partial charge in [-0.1, -0.05) is 19.1 Å². The van der Waals surface area contributed by atoms with Crippen LogP contribution in [0, 0.1) is 5.82 Å². The molecule has 1 aliphatic carbocycles. The molecule has 1 aromatic carbocycles. The molecule has 3 rings (SSSR count). The summed E-state index contributed by atoms with van der Waals surface area (Å²) in [6, 6.07) is 6.69. The zero-order chi connectivity index (χ0) is 14.9. The second-order valence-electron chi connectivity index (χ2n) is 6.27. The van der Waals surface area contributed by atoms with E-state index in [4.69, 9.17) is 0 Å². The first-order valence-electron chi connectivity index (χ1n) is 7.93. The average molecular weight is 290 g/mol. The lowest BCUT2D eigenvalue weighted by molar-refractivity contribution is -0.124. The van der Waals surface area contributed by atoms with E-state index >= 15 is 0 Å². The quantitative estimate of drug-likeness (QED) is 0.924. The van der Waals surface area contributed by atoms with E-state index in [2.05, 4.69) is 17.1 Å². The van der Waals surface area contributed by atoms with Crippen LogP contribution in [0.1, 0.15) is 38.2 Å². The summed E-state index contributed by atoms with van der Waals surface area (Å²) in [5.41, 5.74) is 0.558. The zero-order valence-electron chi connectivity index (χ0n) is 12.6. The molecule has 2 aliphatic rings. The van der Waals surface area contributed by atoms with Crippen molar-refractivity contribution in [1.82, 2.24) is 10.2 Å². The maximum atomic E-state index is 13.0. The Labute approximate surface area is 125 Å². The highest BCUT2D eigenvalue weighted by atomic mass is 19.1. The van der Waals surface area contributed by atoms with Gasteiger partial charge in [-0.3, -0.25) is 4.79 Å². The van der Waals surface area contributed by atoms with Gasteiger partial charge < -0.3 is 10.2 Å². The van der Waals surface area contributed by atoms with Crippen molar-refractivity contribution in [3.05, 3.63) is 35.6 Å². The molecule has 0 bridgehead atoms. The molecule has 1 aromatic rings. The summed E-state index contributed by atoms with van der Waals surface area (Å²) in [6.07, 6.45) is 3.80. The smallest absolute Gasteiger partial charge is 0.230 e. The van der Waals surface area contributed by atoms with Crippen LogP contribution in [0.25, 0.3) is 0 Å². The standard InChI is InChI=1S/C17H23FN2O/c1-2-20-11-7-15(8-12-20)19-16(21)17(9-10-17)13-3-5-14(18)6-4-13/h3-6,15H,2,7-12H2,1H3,(H,19,21).